The molecule has 1 amide bonds. The highest BCUT2D eigenvalue weighted by Crippen LogP contribution is 2.41. The Morgan fingerprint density at radius 2 is 1.27 bits per heavy atom. The average Bonchev–Trinajstić information content (AvgIpc) is 3.31. The van der Waals surface area contributed by atoms with Gasteiger partial charge in [0.2, 0.25) is 5.91 Å². The molecule has 2 atom stereocenters. The molecule has 0 unspecified atom stereocenters. The number of benzene rings is 4. The maximum atomic E-state index is 13.5. The minimum absolute atomic E-state index is 0.0618. The lowest BCUT2D eigenvalue weighted by molar-refractivity contribution is -0.134. The maximum absolute atomic E-state index is 13.5. The lowest BCUT2D eigenvalue weighted by Gasteiger charge is -2.38. The van der Waals surface area contributed by atoms with Crippen LogP contribution in [0.25, 0.3) is 0 Å². The van der Waals surface area contributed by atoms with E-state index in [1.165, 1.54) is 0 Å². The number of ether oxygens (including phenoxy) is 2. The van der Waals surface area contributed by atoms with Crippen LogP contribution in [0.2, 0.25) is 0 Å². The zero-order valence-corrected chi connectivity index (χ0v) is 22.9. The third-order valence-corrected chi connectivity index (χ3v) is 7.70. The van der Waals surface area contributed by atoms with E-state index in [0.29, 0.717) is 32.8 Å². The molecular formula is C36H37NO3. The van der Waals surface area contributed by atoms with Crippen molar-refractivity contribution >= 4 is 5.91 Å². The van der Waals surface area contributed by atoms with Gasteiger partial charge in [-0.2, -0.15) is 0 Å². The molecule has 40 heavy (non-hydrogen) atoms. The van der Waals surface area contributed by atoms with Gasteiger partial charge in [-0.3, -0.25) is 4.79 Å². The van der Waals surface area contributed by atoms with E-state index in [9.17, 15) is 4.79 Å². The van der Waals surface area contributed by atoms with Crippen LogP contribution in [0.1, 0.15) is 35.1 Å². The topological polar surface area (TPSA) is 38.8 Å². The lowest BCUT2D eigenvalue weighted by atomic mass is 9.80. The molecule has 204 valence electrons. The fourth-order valence-corrected chi connectivity index (χ4v) is 5.74. The number of hydrogen-bond donors (Lipinski definition) is 0. The summed E-state index contributed by atoms with van der Waals surface area (Å²) in [5.74, 6) is 0.0707. The van der Waals surface area contributed by atoms with E-state index >= 15 is 0 Å². The first-order valence-corrected chi connectivity index (χ1v) is 14.1. The van der Waals surface area contributed by atoms with Crippen molar-refractivity contribution in [1.82, 2.24) is 4.90 Å². The molecule has 1 heterocycles. The van der Waals surface area contributed by atoms with Gasteiger partial charge in [0.1, 0.15) is 5.60 Å². The van der Waals surface area contributed by atoms with Crippen LogP contribution in [0.15, 0.2) is 134 Å². The number of amides is 1. The Morgan fingerprint density at radius 1 is 0.775 bits per heavy atom. The van der Waals surface area contributed by atoms with E-state index in [1.807, 2.05) is 59.5 Å². The predicted molar refractivity (Wildman–Crippen MR) is 160 cm³/mol. The second kappa shape index (κ2) is 13.4. The van der Waals surface area contributed by atoms with Gasteiger partial charge in [-0.15, -0.1) is 6.58 Å². The number of nitrogens with zero attached hydrogens (tertiary/aromatic N) is 1. The molecule has 5 rings (SSSR count). The quantitative estimate of drug-likeness (QED) is 0.106. The van der Waals surface area contributed by atoms with Gasteiger partial charge in [-0.05, 0) is 35.1 Å². The third-order valence-electron chi connectivity index (χ3n) is 7.70. The zero-order valence-electron chi connectivity index (χ0n) is 22.9. The maximum Gasteiger partial charge on any atom is 0.226 e. The normalized spacial score (nSPS) is 17.2. The van der Waals surface area contributed by atoms with Crippen molar-refractivity contribution in [2.75, 3.05) is 19.8 Å². The van der Waals surface area contributed by atoms with Gasteiger partial charge in [0, 0.05) is 12.5 Å². The zero-order chi connectivity index (χ0) is 27.6. The monoisotopic (exact) mass is 531 g/mol. The number of carbonyl (C=O) groups excluding carboxylic acids is 1. The van der Waals surface area contributed by atoms with Crippen LogP contribution in [-0.4, -0.2) is 36.6 Å². The lowest BCUT2D eigenvalue weighted by Crippen LogP contribution is -2.42. The molecule has 4 aromatic carbocycles. The molecule has 0 spiro atoms. The summed E-state index contributed by atoms with van der Waals surface area (Å²) in [6.45, 7) is 5.82. The van der Waals surface area contributed by atoms with E-state index in [4.69, 9.17) is 9.47 Å². The van der Waals surface area contributed by atoms with Gasteiger partial charge in [-0.25, -0.2) is 0 Å². The Morgan fingerprint density at radius 3 is 1.77 bits per heavy atom. The SMILES string of the molecule is C=CC[C@@H]1C[C@@H](COC(c2ccccc2)(c2ccccc2)c2ccccc2)N(CCOCc2ccccc2)C1=O. The Balaban J connectivity index is 1.41. The summed E-state index contributed by atoms with van der Waals surface area (Å²) in [4.78, 5) is 15.4. The molecule has 0 bridgehead atoms. The van der Waals surface area contributed by atoms with Gasteiger partial charge in [0.15, 0.2) is 0 Å². The fourth-order valence-electron chi connectivity index (χ4n) is 5.74. The molecule has 1 aliphatic heterocycles. The summed E-state index contributed by atoms with van der Waals surface area (Å²) in [7, 11) is 0. The molecular weight excluding hydrogens is 494 g/mol. The number of likely N-dealkylation sites (tertiary alicyclic amines) is 1. The predicted octanol–water partition coefficient (Wildman–Crippen LogP) is 7.01. The second-order valence-electron chi connectivity index (χ2n) is 10.3. The first-order valence-electron chi connectivity index (χ1n) is 14.1. The van der Waals surface area contributed by atoms with Crippen LogP contribution in [0.3, 0.4) is 0 Å². The Kier molecular flexibility index (Phi) is 9.22. The van der Waals surface area contributed by atoms with Gasteiger partial charge >= 0.3 is 0 Å². The first-order chi connectivity index (χ1) is 19.7. The molecule has 4 heteroatoms. The fraction of sp³-hybridized carbons (Fsp3) is 0.250. The van der Waals surface area contributed by atoms with Crippen LogP contribution in [0, 0.1) is 5.92 Å². The molecule has 1 saturated heterocycles. The van der Waals surface area contributed by atoms with E-state index in [1.54, 1.807) is 0 Å². The Labute approximate surface area is 237 Å². The number of rotatable bonds is 13. The van der Waals surface area contributed by atoms with Gasteiger partial charge in [-0.1, -0.05) is 127 Å². The van der Waals surface area contributed by atoms with E-state index in [-0.39, 0.29) is 17.9 Å². The first kappa shape index (κ1) is 27.6. The third kappa shape index (κ3) is 6.09. The Hall–Kier alpha value is -3.99. The van der Waals surface area contributed by atoms with Crippen LogP contribution in [0.4, 0.5) is 0 Å². The smallest absolute Gasteiger partial charge is 0.226 e. The minimum Gasteiger partial charge on any atom is -0.375 e. The van der Waals surface area contributed by atoms with E-state index in [0.717, 1.165) is 28.7 Å². The number of allylic oxidation sites excluding steroid dienone is 1. The van der Waals surface area contributed by atoms with Crippen molar-refractivity contribution in [1.29, 1.82) is 0 Å². The van der Waals surface area contributed by atoms with Gasteiger partial charge in [0.05, 0.1) is 25.9 Å². The molecule has 1 fully saturated rings. The van der Waals surface area contributed by atoms with Crippen molar-refractivity contribution in [3.05, 3.63) is 156 Å². The molecule has 0 saturated carbocycles. The standard InChI is InChI=1S/C36H37NO3/c1-2-15-30-26-34(37(35(30)38)24-25-39-27-29-16-7-3-8-17-29)28-40-36(31-18-9-4-10-19-31,32-20-11-5-12-21-32)33-22-13-6-14-23-33/h2-14,16-23,30,34H,1,15,24-28H2/t30-,34+/m1/s1. The van der Waals surface area contributed by atoms with Gasteiger partial charge < -0.3 is 14.4 Å². The van der Waals surface area contributed by atoms with Crippen molar-refractivity contribution < 1.29 is 14.3 Å². The largest absolute Gasteiger partial charge is 0.375 e. The number of hydrogen-bond acceptors (Lipinski definition) is 3. The van der Waals surface area contributed by atoms with E-state index in [2.05, 4.69) is 79.4 Å². The highest BCUT2D eigenvalue weighted by atomic mass is 16.5. The van der Waals surface area contributed by atoms with Crippen LogP contribution < -0.4 is 0 Å². The molecule has 4 nitrogen and oxygen atoms in total. The van der Waals surface area contributed by atoms with Crippen LogP contribution >= 0.6 is 0 Å². The molecule has 0 radical (unpaired) electrons. The average molecular weight is 532 g/mol. The summed E-state index contributed by atoms with van der Waals surface area (Å²) in [6, 6.07) is 41.2. The summed E-state index contributed by atoms with van der Waals surface area (Å²) >= 11 is 0. The summed E-state index contributed by atoms with van der Waals surface area (Å²) < 4.78 is 13.1. The molecule has 0 aromatic heterocycles. The Bertz CT molecular complexity index is 1250. The van der Waals surface area contributed by atoms with Crippen molar-refractivity contribution in [3.8, 4) is 0 Å². The molecule has 0 N–H and O–H groups in total. The highest BCUT2D eigenvalue weighted by Gasteiger charge is 2.42. The summed E-state index contributed by atoms with van der Waals surface area (Å²) in [5, 5.41) is 0. The van der Waals surface area contributed by atoms with Gasteiger partial charge in [0.25, 0.3) is 0 Å². The van der Waals surface area contributed by atoms with Crippen molar-refractivity contribution in [2.45, 2.75) is 31.1 Å². The second-order valence-corrected chi connectivity index (χ2v) is 10.3. The summed E-state index contributed by atoms with van der Waals surface area (Å²) in [6.07, 6.45) is 3.24. The van der Waals surface area contributed by atoms with Crippen LogP contribution in [-0.2, 0) is 26.5 Å². The molecule has 1 aliphatic rings. The highest BCUT2D eigenvalue weighted by molar-refractivity contribution is 5.81. The van der Waals surface area contributed by atoms with E-state index < -0.39 is 5.60 Å². The number of carbonyl (C=O) groups is 1. The van der Waals surface area contributed by atoms with Crippen LogP contribution in [0.5, 0.6) is 0 Å². The van der Waals surface area contributed by atoms with Crippen molar-refractivity contribution in [2.24, 2.45) is 5.92 Å². The molecule has 0 aliphatic carbocycles. The summed E-state index contributed by atoms with van der Waals surface area (Å²) in [5.41, 5.74) is 3.46. The molecule has 4 aromatic rings. The van der Waals surface area contributed by atoms with Crippen molar-refractivity contribution in [3.63, 3.8) is 0 Å². The minimum atomic E-state index is -0.821.